The molecule has 3 aliphatic rings. The molecule has 3 fully saturated rings. The first kappa shape index (κ1) is 49.0. The second-order valence-corrected chi connectivity index (χ2v) is 15.2. The van der Waals surface area contributed by atoms with E-state index in [0.29, 0.717) is 124 Å². The van der Waals surface area contributed by atoms with Crippen LogP contribution in [0, 0.1) is 0 Å². The molecule has 3 heterocycles. The molecule has 22 heteroatoms. The van der Waals surface area contributed by atoms with Crippen molar-refractivity contribution in [1.29, 1.82) is 0 Å². The topological polar surface area (TPSA) is 171 Å². The van der Waals surface area contributed by atoms with E-state index in [1.807, 2.05) is 43.5 Å². The summed E-state index contributed by atoms with van der Waals surface area (Å²) in [6.07, 6.45) is 0.263. The Labute approximate surface area is 344 Å². The molecule has 0 unspecified atom stereocenters. The molecule has 2 amide bonds. The van der Waals surface area contributed by atoms with Gasteiger partial charge < -0.3 is 63.9 Å². The summed E-state index contributed by atoms with van der Waals surface area (Å²) in [7, 11) is 4.78. The number of rotatable bonds is 11. The zero-order valence-electron chi connectivity index (χ0n) is 35.3. The Morgan fingerprint density at radius 1 is 0.632 bits per heavy atom. The molecule has 0 spiro atoms. The molecule has 2 radical (unpaired) electrons. The van der Waals surface area contributed by atoms with Crippen LogP contribution in [0.5, 0.6) is 5.75 Å². The Hall–Kier alpha value is -2.36. The van der Waals surface area contributed by atoms with Crippen molar-refractivity contribution in [3.8, 4) is 5.75 Å². The van der Waals surface area contributed by atoms with Gasteiger partial charge in [0.05, 0.1) is 6.61 Å². The molecule has 0 aromatic heterocycles. The predicted octanol–water partition coefficient (Wildman–Crippen LogP) is -1.52. The maximum Gasteiger partial charge on any atom is 0.407 e. The van der Waals surface area contributed by atoms with Crippen molar-refractivity contribution in [2.75, 3.05) is 138 Å². The van der Waals surface area contributed by atoms with Crippen molar-refractivity contribution in [3.05, 3.63) is 29.8 Å². The zero-order valence-corrected chi connectivity index (χ0v) is 35.3. The number of ether oxygens (including phenoxy) is 2. The molecular weight excluding hydrogens is 728 g/mol. The summed E-state index contributed by atoms with van der Waals surface area (Å²) >= 11 is 0. The highest BCUT2D eigenvalue weighted by Crippen LogP contribution is 2.14. The van der Waals surface area contributed by atoms with Gasteiger partial charge in [0, 0.05) is 131 Å². The molecule has 0 atom stereocenters. The standard InChI is InChI=1S/C35H68B5N9O8/c1-37(52)46-22-16-43-13-12-42(11-6-30-56-33-9-7-32(8-10-33)31-57-35(51)41-5)14-20-45(34(36)50)21-15-44(18-24-48(28-26-46)39(3)54)19-25-49(40(4)55)29-27-47(23-17-43)38(2)53/h7-10,52-55H,6,11-31H2,1-5H3,(H,41,51). The minimum atomic E-state index is -0.684. The van der Waals surface area contributed by atoms with Gasteiger partial charge >= 0.3 is 34.3 Å². The van der Waals surface area contributed by atoms with Crippen molar-refractivity contribution in [2.24, 2.45) is 0 Å². The van der Waals surface area contributed by atoms with Gasteiger partial charge in [-0.15, -0.1) is 0 Å². The quantitative estimate of drug-likeness (QED) is 0.129. The highest BCUT2D eigenvalue weighted by molar-refractivity contribution is 6.56. The van der Waals surface area contributed by atoms with E-state index in [1.54, 1.807) is 32.2 Å². The smallest absolute Gasteiger partial charge is 0.407 e. The van der Waals surface area contributed by atoms with E-state index < -0.39 is 40.1 Å². The summed E-state index contributed by atoms with van der Waals surface area (Å²) in [5.74, 6) is 0.251. The summed E-state index contributed by atoms with van der Waals surface area (Å²) in [5, 5.41) is 45.5. The van der Waals surface area contributed by atoms with Crippen molar-refractivity contribution in [2.45, 2.75) is 40.3 Å². The molecule has 4 rings (SSSR count). The lowest BCUT2D eigenvalue weighted by molar-refractivity contribution is 0.142. The van der Waals surface area contributed by atoms with Crippen LogP contribution in [0.4, 0.5) is 9.59 Å². The van der Waals surface area contributed by atoms with Gasteiger partial charge in [0.15, 0.2) is 5.81 Å². The van der Waals surface area contributed by atoms with Crippen LogP contribution in [-0.2, 0) is 11.3 Å². The van der Waals surface area contributed by atoms with E-state index in [1.165, 1.54) is 7.05 Å². The molecule has 1 aromatic carbocycles. The van der Waals surface area contributed by atoms with Crippen LogP contribution in [0.2, 0.25) is 27.3 Å². The van der Waals surface area contributed by atoms with Gasteiger partial charge in [-0.25, -0.2) is 4.79 Å². The van der Waals surface area contributed by atoms with E-state index in [2.05, 4.69) is 20.0 Å². The van der Waals surface area contributed by atoms with Crippen LogP contribution in [-0.4, -0.2) is 245 Å². The van der Waals surface area contributed by atoms with Crippen LogP contribution in [0.1, 0.15) is 12.0 Å². The lowest BCUT2D eigenvalue weighted by Gasteiger charge is -2.37. The fourth-order valence-electron chi connectivity index (χ4n) is 7.06. The third-order valence-corrected chi connectivity index (χ3v) is 11.1. The second-order valence-electron chi connectivity index (χ2n) is 15.2. The summed E-state index contributed by atoms with van der Waals surface area (Å²) in [4.78, 5) is 41.0. The van der Waals surface area contributed by atoms with E-state index in [0.717, 1.165) is 24.3 Å². The molecule has 3 saturated heterocycles. The molecule has 2 bridgehead atoms. The molecule has 1 aromatic rings. The fraction of sp³-hybridized carbons (Fsp3) is 0.771. The molecular formula is C35H68B5N9O8. The zero-order chi connectivity index (χ0) is 41.7. The third-order valence-electron chi connectivity index (χ3n) is 11.1. The van der Waals surface area contributed by atoms with Gasteiger partial charge in [-0.2, -0.15) is 0 Å². The monoisotopic (exact) mass is 798 g/mol. The molecule has 17 nitrogen and oxygen atoms in total. The first-order valence-electron chi connectivity index (χ1n) is 20.7. The van der Waals surface area contributed by atoms with Crippen LogP contribution in [0.3, 0.4) is 0 Å². The number of hydrogen-bond acceptors (Lipinski definition) is 15. The van der Waals surface area contributed by atoms with Crippen LogP contribution >= 0.6 is 0 Å². The van der Waals surface area contributed by atoms with Gasteiger partial charge in [-0.05, 0) is 51.4 Å². The molecule has 3 aliphatic heterocycles. The Morgan fingerprint density at radius 2 is 1.02 bits per heavy atom. The predicted molar refractivity (Wildman–Crippen MR) is 229 cm³/mol. The minimum absolute atomic E-state index is 0.170. The highest BCUT2D eigenvalue weighted by Gasteiger charge is 2.26. The molecule has 0 saturated carbocycles. The SMILES string of the molecule is [B]C(=O)N1CCN(CCCOc2ccc(COC(=O)NC)cc2)CCN2CCN(B(C)O)CCN(B(C)O)CCN(CCN(B(C)O)CCN(B(C)O)CC2)CC1. The number of benzene rings is 1. The Bertz CT molecular complexity index is 1240. The van der Waals surface area contributed by atoms with Gasteiger partial charge in [0.2, 0.25) is 7.85 Å². The first-order chi connectivity index (χ1) is 27.2. The summed E-state index contributed by atoms with van der Waals surface area (Å²) in [6.45, 7) is 19.2. The number of fused-ring (bicyclic) bond motifs is 21. The highest BCUT2D eigenvalue weighted by atomic mass is 16.5. The van der Waals surface area contributed by atoms with Crippen LogP contribution < -0.4 is 10.1 Å². The van der Waals surface area contributed by atoms with E-state index >= 15 is 0 Å². The number of carbonyl (C=O) groups is 2. The number of nitrogens with one attached hydrogen (secondary N) is 1. The van der Waals surface area contributed by atoms with Crippen molar-refractivity contribution < 1.29 is 39.2 Å². The lowest BCUT2D eigenvalue weighted by Crippen LogP contribution is -2.54. The molecule has 57 heavy (non-hydrogen) atoms. The van der Waals surface area contributed by atoms with E-state index in [4.69, 9.17) is 17.3 Å². The Kier molecular flexibility index (Phi) is 22.9. The number of hydrogen-bond donors (Lipinski definition) is 5. The molecule has 0 aliphatic carbocycles. The molecule has 316 valence electrons. The van der Waals surface area contributed by atoms with Gasteiger partial charge in [-0.3, -0.25) is 14.6 Å². The maximum absolute atomic E-state index is 12.8. The third kappa shape index (κ3) is 19.1. The summed E-state index contributed by atoms with van der Waals surface area (Å²) < 4.78 is 11.2. The average molecular weight is 797 g/mol. The van der Waals surface area contributed by atoms with E-state index in [9.17, 15) is 29.7 Å². The largest absolute Gasteiger partial charge is 0.494 e. The van der Waals surface area contributed by atoms with Crippen molar-refractivity contribution >= 4 is 47.9 Å². The number of carbonyl (C=O) groups excluding carboxylic acids is 2. The van der Waals surface area contributed by atoms with Crippen molar-refractivity contribution in [3.63, 3.8) is 0 Å². The molecule has 5 N–H and O–H groups in total. The normalized spacial score (nSPS) is 21.7. The number of nitrogens with zero attached hydrogens (tertiary/aromatic N) is 8. The van der Waals surface area contributed by atoms with Gasteiger partial charge in [-0.1, -0.05) is 12.1 Å². The van der Waals surface area contributed by atoms with Crippen LogP contribution in [0.15, 0.2) is 24.3 Å². The van der Waals surface area contributed by atoms with Gasteiger partial charge in [0.1, 0.15) is 12.4 Å². The van der Waals surface area contributed by atoms with E-state index in [-0.39, 0.29) is 6.61 Å². The fourth-order valence-corrected chi connectivity index (χ4v) is 7.06. The summed E-state index contributed by atoms with van der Waals surface area (Å²) in [5.41, 5.74) is 0.856. The maximum atomic E-state index is 12.8. The number of alkyl carbamates (subject to hydrolysis) is 1. The average Bonchev–Trinajstić information content (AvgIpc) is 3.17. The minimum Gasteiger partial charge on any atom is -0.494 e. The lowest BCUT2D eigenvalue weighted by atomic mass is 9.82. The second kappa shape index (κ2) is 26.7. The summed E-state index contributed by atoms with van der Waals surface area (Å²) in [6, 6.07) is 7.46. The van der Waals surface area contributed by atoms with Gasteiger partial charge in [0.25, 0.3) is 0 Å². The first-order valence-corrected chi connectivity index (χ1v) is 20.7. The Morgan fingerprint density at radius 3 is 1.44 bits per heavy atom. The Balaban J connectivity index is 1.85. The number of amides is 2. The van der Waals surface area contributed by atoms with Crippen LogP contribution in [0.25, 0.3) is 0 Å². The van der Waals surface area contributed by atoms with Crippen molar-refractivity contribution in [1.82, 2.24) is 44.2 Å².